The second kappa shape index (κ2) is 6.11. The molecule has 2 heterocycles. The van der Waals surface area contributed by atoms with E-state index in [1.165, 1.54) is 17.0 Å². The molecule has 0 spiro atoms. The Labute approximate surface area is 148 Å². The van der Waals surface area contributed by atoms with Crippen molar-refractivity contribution in [2.75, 3.05) is 0 Å². The van der Waals surface area contributed by atoms with E-state index in [1.807, 2.05) is 0 Å². The molecule has 3 aromatic rings. The summed E-state index contributed by atoms with van der Waals surface area (Å²) in [5.41, 5.74) is 1.97. The monoisotopic (exact) mass is 353 g/mol. The number of carbonyl (C=O) groups is 1. The second-order valence-corrected chi connectivity index (χ2v) is 7.78. The Bertz CT molecular complexity index is 1030. The molecule has 1 atom stereocenters. The minimum Gasteiger partial charge on any atom is -0.545 e. The zero-order valence-corrected chi connectivity index (χ0v) is 14.6. The van der Waals surface area contributed by atoms with Gasteiger partial charge in [0.1, 0.15) is 4.83 Å². The van der Waals surface area contributed by atoms with Crippen LogP contribution in [-0.4, -0.2) is 15.5 Å². The van der Waals surface area contributed by atoms with Crippen LogP contribution in [0, 0.1) is 5.92 Å². The summed E-state index contributed by atoms with van der Waals surface area (Å²) in [5.74, 6) is -0.570. The zero-order chi connectivity index (χ0) is 17.6. The first-order valence-corrected chi connectivity index (χ1v) is 9.14. The van der Waals surface area contributed by atoms with Gasteiger partial charge in [0.15, 0.2) is 0 Å². The molecule has 0 amide bonds. The summed E-state index contributed by atoms with van der Waals surface area (Å²) in [6.07, 6.45) is 4.60. The topological polar surface area (TPSA) is 75.0 Å². The Balaban J connectivity index is 1.76. The molecular formula is C19H17N2O3S-. The van der Waals surface area contributed by atoms with Crippen LogP contribution in [0.1, 0.15) is 39.7 Å². The molecule has 128 valence electrons. The van der Waals surface area contributed by atoms with Crippen LogP contribution in [-0.2, 0) is 19.4 Å². The molecule has 1 aliphatic carbocycles. The van der Waals surface area contributed by atoms with Crippen molar-refractivity contribution in [1.82, 2.24) is 9.55 Å². The van der Waals surface area contributed by atoms with Crippen LogP contribution in [0.25, 0.3) is 10.2 Å². The number of aromatic nitrogens is 2. The molecule has 0 fully saturated rings. The van der Waals surface area contributed by atoms with Gasteiger partial charge in [0.25, 0.3) is 5.56 Å². The molecule has 25 heavy (non-hydrogen) atoms. The fourth-order valence-electron chi connectivity index (χ4n) is 3.47. The van der Waals surface area contributed by atoms with Crippen LogP contribution < -0.4 is 10.7 Å². The van der Waals surface area contributed by atoms with Gasteiger partial charge in [-0.05, 0) is 47.9 Å². The van der Waals surface area contributed by atoms with Crippen molar-refractivity contribution >= 4 is 27.5 Å². The molecule has 6 heteroatoms. The predicted octanol–water partition coefficient (Wildman–Crippen LogP) is 1.99. The number of hydrogen-bond acceptors (Lipinski definition) is 5. The van der Waals surface area contributed by atoms with Crippen molar-refractivity contribution in [2.45, 2.75) is 32.7 Å². The lowest BCUT2D eigenvalue weighted by atomic mass is 9.89. The molecular weight excluding hydrogens is 336 g/mol. The number of fused-ring (bicyclic) bond motifs is 3. The molecule has 0 unspecified atom stereocenters. The number of nitrogens with zero attached hydrogens (tertiary/aromatic N) is 2. The summed E-state index contributed by atoms with van der Waals surface area (Å²) >= 11 is 1.63. The number of carboxylic acids is 1. The normalized spacial score (nSPS) is 16.8. The molecule has 2 aromatic heterocycles. The first-order chi connectivity index (χ1) is 12.0. The molecule has 0 radical (unpaired) electrons. The molecule has 5 nitrogen and oxygen atoms in total. The molecule has 0 N–H and O–H groups in total. The zero-order valence-electron chi connectivity index (χ0n) is 13.8. The summed E-state index contributed by atoms with van der Waals surface area (Å²) in [6.45, 7) is 2.53. The number of rotatable bonds is 3. The lowest BCUT2D eigenvalue weighted by molar-refractivity contribution is -0.255. The highest BCUT2D eigenvalue weighted by molar-refractivity contribution is 7.18. The average molecular weight is 353 g/mol. The smallest absolute Gasteiger partial charge is 0.262 e. The third-order valence-corrected chi connectivity index (χ3v) is 5.96. The summed E-state index contributed by atoms with van der Waals surface area (Å²) in [6, 6.07) is 6.48. The fourth-order valence-corrected chi connectivity index (χ4v) is 4.81. The Kier molecular flexibility index (Phi) is 3.92. The largest absolute Gasteiger partial charge is 0.545 e. The van der Waals surface area contributed by atoms with E-state index in [-0.39, 0.29) is 11.1 Å². The van der Waals surface area contributed by atoms with E-state index < -0.39 is 5.97 Å². The van der Waals surface area contributed by atoms with E-state index in [1.54, 1.807) is 34.4 Å². The van der Waals surface area contributed by atoms with Gasteiger partial charge in [-0.15, -0.1) is 11.3 Å². The third-order valence-electron chi connectivity index (χ3n) is 4.80. The lowest BCUT2D eigenvalue weighted by Gasteiger charge is -2.17. The number of thiophene rings is 1. The minimum absolute atomic E-state index is 0.0455. The van der Waals surface area contributed by atoms with Gasteiger partial charge in [0.2, 0.25) is 0 Å². The summed E-state index contributed by atoms with van der Waals surface area (Å²) < 4.78 is 1.56. The summed E-state index contributed by atoms with van der Waals surface area (Å²) in [5, 5.41) is 11.8. The van der Waals surface area contributed by atoms with Crippen LogP contribution in [0.4, 0.5) is 0 Å². The van der Waals surface area contributed by atoms with Crippen molar-refractivity contribution in [3.8, 4) is 0 Å². The number of aryl methyl sites for hydroxylation is 1. The predicted molar refractivity (Wildman–Crippen MR) is 94.9 cm³/mol. The summed E-state index contributed by atoms with van der Waals surface area (Å²) in [4.78, 5) is 30.6. The first kappa shape index (κ1) is 16.0. The SMILES string of the molecule is C[C@H]1CCc2c(sc3ncn(Cc4cccc(C(=O)[O-])c4)c(=O)c23)C1. The van der Waals surface area contributed by atoms with E-state index in [0.717, 1.165) is 40.6 Å². The number of benzene rings is 1. The molecule has 4 rings (SSSR count). The quantitative estimate of drug-likeness (QED) is 0.722. The van der Waals surface area contributed by atoms with Crippen LogP contribution >= 0.6 is 11.3 Å². The van der Waals surface area contributed by atoms with Gasteiger partial charge in [0, 0.05) is 4.88 Å². The van der Waals surface area contributed by atoms with Gasteiger partial charge in [-0.2, -0.15) is 0 Å². The number of carbonyl (C=O) groups excluding carboxylic acids is 1. The molecule has 1 aliphatic rings. The van der Waals surface area contributed by atoms with Crippen molar-refractivity contribution < 1.29 is 9.90 Å². The fraction of sp³-hybridized carbons (Fsp3) is 0.316. The Morgan fingerprint density at radius 1 is 1.44 bits per heavy atom. The molecule has 0 saturated heterocycles. The van der Waals surface area contributed by atoms with Gasteiger partial charge in [-0.1, -0.05) is 25.1 Å². The Morgan fingerprint density at radius 3 is 3.08 bits per heavy atom. The number of aromatic carboxylic acids is 1. The second-order valence-electron chi connectivity index (χ2n) is 6.70. The van der Waals surface area contributed by atoms with Gasteiger partial charge < -0.3 is 9.90 Å². The molecule has 0 saturated carbocycles. The van der Waals surface area contributed by atoms with Gasteiger partial charge in [-0.25, -0.2) is 4.98 Å². The van der Waals surface area contributed by atoms with Crippen LogP contribution in [0.2, 0.25) is 0 Å². The summed E-state index contributed by atoms with van der Waals surface area (Å²) in [7, 11) is 0. The standard InChI is InChI=1S/C19H18N2O3S/c1-11-5-6-14-15(7-11)25-17-16(14)18(22)21(10-20-17)9-12-3-2-4-13(8-12)19(23)24/h2-4,8,10-11H,5-7,9H2,1H3,(H,23,24)/p-1/t11-/m0/s1. The van der Waals surface area contributed by atoms with Crippen LogP contribution in [0.15, 0.2) is 35.4 Å². The highest BCUT2D eigenvalue weighted by atomic mass is 32.1. The maximum absolute atomic E-state index is 13.0. The lowest BCUT2D eigenvalue weighted by Crippen LogP contribution is -2.24. The van der Waals surface area contributed by atoms with Crippen molar-refractivity contribution in [3.63, 3.8) is 0 Å². The van der Waals surface area contributed by atoms with E-state index >= 15 is 0 Å². The van der Waals surface area contributed by atoms with Gasteiger partial charge in [-0.3, -0.25) is 9.36 Å². The van der Waals surface area contributed by atoms with Crippen molar-refractivity contribution in [2.24, 2.45) is 5.92 Å². The Morgan fingerprint density at radius 2 is 2.28 bits per heavy atom. The molecule has 0 aliphatic heterocycles. The highest BCUT2D eigenvalue weighted by Crippen LogP contribution is 2.35. The maximum Gasteiger partial charge on any atom is 0.262 e. The van der Waals surface area contributed by atoms with Crippen molar-refractivity contribution in [3.05, 3.63) is 62.5 Å². The highest BCUT2D eigenvalue weighted by Gasteiger charge is 2.23. The van der Waals surface area contributed by atoms with E-state index in [2.05, 4.69) is 11.9 Å². The van der Waals surface area contributed by atoms with E-state index in [9.17, 15) is 14.7 Å². The molecule has 0 bridgehead atoms. The van der Waals surface area contributed by atoms with E-state index in [4.69, 9.17) is 0 Å². The maximum atomic E-state index is 13.0. The van der Waals surface area contributed by atoms with Gasteiger partial charge >= 0.3 is 0 Å². The molecule has 1 aromatic carbocycles. The Hall–Kier alpha value is -2.47. The van der Waals surface area contributed by atoms with Crippen LogP contribution in [0.3, 0.4) is 0 Å². The van der Waals surface area contributed by atoms with Crippen LogP contribution in [0.5, 0.6) is 0 Å². The first-order valence-electron chi connectivity index (χ1n) is 8.33. The van der Waals surface area contributed by atoms with Crippen molar-refractivity contribution in [1.29, 1.82) is 0 Å². The van der Waals surface area contributed by atoms with E-state index in [0.29, 0.717) is 12.5 Å². The number of hydrogen-bond donors (Lipinski definition) is 0. The average Bonchev–Trinajstić information content (AvgIpc) is 2.95. The minimum atomic E-state index is -1.22. The third kappa shape index (κ3) is 2.87. The van der Waals surface area contributed by atoms with Gasteiger partial charge in [0.05, 0.1) is 24.2 Å². The number of carboxylic acid groups (broad SMARTS) is 1.